The Morgan fingerprint density at radius 1 is 1.23 bits per heavy atom. The van der Waals surface area contributed by atoms with Crippen LogP contribution in [0.15, 0.2) is 36.5 Å². The molecule has 2 fully saturated rings. The predicted octanol–water partition coefficient (Wildman–Crippen LogP) is 3.45. The van der Waals surface area contributed by atoms with Gasteiger partial charge in [0.05, 0.1) is 23.8 Å². The summed E-state index contributed by atoms with van der Waals surface area (Å²) < 4.78 is 30.8. The molecule has 1 aromatic heterocycles. The van der Waals surface area contributed by atoms with Crippen molar-refractivity contribution in [3.63, 3.8) is 0 Å². The highest BCUT2D eigenvalue weighted by molar-refractivity contribution is 6.00. The first kappa shape index (κ1) is 19.9. The second-order valence-corrected chi connectivity index (χ2v) is 8.25. The molecule has 0 saturated carbocycles. The summed E-state index contributed by atoms with van der Waals surface area (Å²) in [4.78, 5) is 18.4. The Morgan fingerprint density at radius 3 is 2.71 bits per heavy atom. The zero-order valence-electron chi connectivity index (χ0n) is 16.8. The summed E-state index contributed by atoms with van der Waals surface area (Å²) in [5.41, 5.74) is 2.67. The number of alkyl halides is 2. The first-order valence-corrected chi connectivity index (χ1v) is 10.4. The fourth-order valence-electron chi connectivity index (χ4n) is 4.79. The topological polar surface area (TPSA) is 90.3 Å². The highest BCUT2D eigenvalue weighted by Crippen LogP contribution is 2.47. The Kier molecular flexibility index (Phi) is 4.85. The van der Waals surface area contributed by atoms with Crippen LogP contribution in [0.25, 0.3) is 0 Å². The van der Waals surface area contributed by atoms with Gasteiger partial charge in [-0.3, -0.25) is 20.1 Å². The average Bonchev–Trinajstić information content (AvgIpc) is 2.75. The number of anilines is 2. The van der Waals surface area contributed by atoms with E-state index < -0.39 is 12.0 Å². The van der Waals surface area contributed by atoms with Crippen LogP contribution in [0.2, 0.25) is 0 Å². The average molecular weight is 427 g/mol. The van der Waals surface area contributed by atoms with Gasteiger partial charge in [-0.15, -0.1) is 0 Å². The summed E-state index contributed by atoms with van der Waals surface area (Å²) in [5.74, 6) is 0.116. The van der Waals surface area contributed by atoms with Crippen molar-refractivity contribution < 1.29 is 18.3 Å². The summed E-state index contributed by atoms with van der Waals surface area (Å²) in [5, 5.41) is 15.0. The second-order valence-electron chi connectivity index (χ2n) is 8.25. The lowest BCUT2D eigenvalue weighted by atomic mass is 9.67. The van der Waals surface area contributed by atoms with Gasteiger partial charge in [-0.25, -0.2) is 8.78 Å². The SMILES string of the molecule is N=C1N[C@]2(CC(=O)N1C1CCOCC1)Cc1c(Nc3ccc(C(F)F)nc3)cccc12. The molecular weight excluding hydrogens is 404 g/mol. The fourth-order valence-corrected chi connectivity index (χ4v) is 4.79. The van der Waals surface area contributed by atoms with Crippen LogP contribution < -0.4 is 10.6 Å². The van der Waals surface area contributed by atoms with Crippen LogP contribution in [0.3, 0.4) is 0 Å². The van der Waals surface area contributed by atoms with Gasteiger partial charge in [0.25, 0.3) is 6.43 Å². The summed E-state index contributed by atoms with van der Waals surface area (Å²) in [6, 6.07) is 8.67. The Hall–Kier alpha value is -3.07. The number of aromatic nitrogens is 1. The highest BCUT2D eigenvalue weighted by atomic mass is 19.3. The maximum Gasteiger partial charge on any atom is 0.280 e. The molecule has 2 aromatic rings. The van der Waals surface area contributed by atoms with Crippen LogP contribution in [0.5, 0.6) is 0 Å². The van der Waals surface area contributed by atoms with Crippen molar-refractivity contribution >= 4 is 23.2 Å². The quantitative estimate of drug-likeness (QED) is 0.695. The van der Waals surface area contributed by atoms with Crippen molar-refractivity contribution in [1.82, 2.24) is 15.2 Å². The Labute approximate surface area is 178 Å². The standard InChI is InChI=1S/C22H23F2N5O2/c23-20(24)18-5-4-13(12-26-18)27-17-3-1-2-16-15(17)10-22(16)11-19(30)29(21(25)28-22)14-6-8-31-9-7-14/h1-5,12,14,20,27H,6-11H2,(H2,25,28)/t22-/m0/s1. The second kappa shape index (κ2) is 7.56. The third-order valence-electron chi connectivity index (χ3n) is 6.34. The molecule has 2 aliphatic heterocycles. The van der Waals surface area contributed by atoms with E-state index in [-0.39, 0.29) is 23.6 Å². The molecule has 162 valence electrons. The van der Waals surface area contributed by atoms with E-state index in [9.17, 15) is 13.6 Å². The molecule has 1 amide bonds. The summed E-state index contributed by atoms with van der Waals surface area (Å²) in [7, 11) is 0. The van der Waals surface area contributed by atoms with E-state index in [0.29, 0.717) is 31.7 Å². The number of amides is 1. The number of benzene rings is 1. The lowest BCUT2D eigenvalue weighted by molar-refractivity contribution is -0.134. The fraction of sp³-hybridized carbons (Fsp3) is 0.409. The number of halogens is 2. The molecule has 3 aliphatic rings. The molecule has 3 N–H and O–H groups in total. The highest BCUT2D eigenvalue weighted by Gasteiger charge is 2.51. The Bertz CT molecular complexity index is 1000. The smallest absolute Gasteiger partial charge is 0.280 e. The predicted molar refractivity (Wildman–Crippen MR) is 110 cm³/mol. The summed E-state index contributed by atoms with van der Waals surface area (Å²) in [6.07, 6.45) is 1.17. The van der Waals surface area contributed by atoms with Gasteiger partial charge in [-0.2, -0.15) is 0 Å². The van der Waals surface area contributed by atoms with Crippen LogP contribution in [-0.2, 0) is 21.5 Å². The molecule has 0 radical (unpaired) electrons. The number of nitrogens with one attached hydrogen (secondary N) is 3. The van der Waals surface area contributed by atoms with Gasteiger partial charge in [0.1, 0.15) is 5.69 Å². The molecule has 0 unspecified atom stereocenters. The van der Waals surface area contributed by atoms with E-state index in [1.54, 1.807) is 11.0 Å². The molecular formula is C22H23F2N5O2. The maximum absolute atomic E-state index is 13.0. The molecule has 3 heterocycles. The third kappa shape index (κ3) is 3.42. The number of ether oxygens (including phenoxy) is 1. The number of carbonyl (C=O) groups is 1. The van der Waals surface area contributed by atoms with Gasteiger partial charge in [0, 0.05) is 31.4 Å². The van der Waals surface area contributed by atoms with Crippen molar-refractivity contribution in [1.29, 1.82) is 5.41 Å². The van der Waals surface area contributed by atoms with Crippen LogP contribution in [0, 0.1) is 5.41 Å². The van der Waals surface area contributed by atoms with Crippen molar-refractivity contribution in [2.24, 2.45) is 0 Å². The molecule has 5 rings (SSSR count). The van der Waals surface area contributed by atoms with Gasteiger partial charge in [0.15, 0.2) is 5.96 Å². The van der Waals surface area contributed by atoms with Crippen molar-refractivity contribution in [3.05, 3.63) is 53.3 Å². The van der Waals surface area contributed by atoms with Gasteiger partial charge < -0.3 is 15.4 Å². The Balaban J connectivity index is 1.34. The molecule has 0 bridgehead atoms. The molecule has 31 heavy (non-hydrogen) atoms. The van der Waals surface area contributed by atoms with Crippen molar-refractivity contribution in [2.75, 3.05) is 18.5 Å². The largest absolute Gasteiger partial charge is 0.381 e. The number of carbonyl (C=O) groups excluding carboxylic acids is 1. The van der Waals surface area contributed by atoms with E-state index in [2.05, 4.69) is 15.6 Å². The number of rotatable bonds is 4. The van der Waals surface area contributed by atoms with Gasteiger partial charge in [0.2, 0.25) is 5.91 Å². The first-order chi connectivity index (χ1) is 15.0. The van der Waals surface area contributed by atoms with E-state index in [4.69, 9.17) is 10.1 Å². The number of nitrogens with zero attached hydrogens (tertiary/aromatic N) is 2. The minimum atomic E-state index is -2.60. The maximum atomic E-state index is 13.0. The van der Waals surface area contributed by atoms with E-state index in [1.165, 1.54) is 12.3 Å². The molecule has 1 aliphatic carbocycles. The first-order valence-electron chi connectivity index (χ1n) is 10.4. The zero-order chi connectivity index (χ0) is 21.6. The van der Waals surface area contributed by atoms with Gasteiger partial charge in [-0.1, -0.05) is 12.1 Å². The monoisotopic (exact) mass is 427 g/mol. The minimum absolute atomic E-state index is 0.00913. The number of fused-ring (bicyclic) bond motifs is 2. The number of guanidine groups is 1. The molecule has 2 saturated heterocycles. The van der Waals surface area contributed by atoms with E-state index in [0.717, 1.165) is 29.7 Å². The molecule has 1 aromatic carbocycles. The molecule has 1 atom stereocenters. The van der Waals surface area contributed by atoms with E-state index >= 15 is 0 Å². The minimum Gasteiger partial charge on any atom is -0.381 e. The Morgan fingerprint density at radius 2 is 2.03 bits per heavy atom. The molecule has 7 nitrogen and oxygen atoms in total. The lowest BCUT2D eigenvalue weighted by Gasteiger charge is -2.51. The van der Waals surface area contributed by atoms with Gasteiger partial charge >= 0.3 is 0 Å². The summed E-state index contributed by atoms with van der Waals surface area (Å²) in [6.45, 7) is 1.22. The van der Waals surface area contributed by atoms with Crippen LogP contribution in [-0.4, -0.2) is 41.0 Å². The van der Waals surface area contributed by atoms with E-state index in [1.807, 2.05) is 18.2 Å². The van der Waals surface area contributed by atoms with Gasteiger partial charge in [-0.05, 0) is 42.2 Å². The normalized spacial score (nSPS) is 23.5. The summed E-state index contributed by atoms with van der Waals surface area (Å²) >= 11 is 0. The molecule has 1 spiro atoms. The molecule has 9 heteroatoms. The number of hydrogen-bond acceptors (Lipinski definition) is 5. The van der Waals surface area contributed by atoms with Crippen LogP contribution >= 0.6 is 0 Å². The number of hydrogen-bond donors (Lipinski definition) is 3. The lowest BCUT2D eigenvalue weighted by Crippen LogP contribution is -2.66. The van der Waals surface area contributed by atoms with Crippen LogP contribution in [0.4, 0.5) is 20.2 Å². The van der Waals surface area contributed by atoms with Crippen molar-refractivity contribution in [3.8, 4) is 0 Å². The number of pyridine rings is 1. The van der Waals surface area contributed by atoms with Crippen molar-refractivity contribution in [2.45, 2.75) is 43.7 Å². The zero-order valence-corrected chi connectivity index (χ0v) is 16.8. The van der Waals surface area contributed by atoms with Crippen LogP contribution in [0.1, 0.15) is 42.5 Å². The third-order valence-corrected chi connectivity index (χ3v) is 6.34.